The molecular formula is C6H7F3O2. The first-order valence-electron chi connectivity index (χ1n) is 3.19. The summed E-state index contributed by atoms with van der Waals surface area (Å²) in [5.74, 6) is -2.65. The monoisotopic (exact) mass is 168 g/mol. The molecule has 11 heavy (non-hydrogen) atoms. The minimum Gasteiger partial charge on any atom is -0.380 e. The Morgan fingerprint density at radius 1 is 1.45 bits per heavy atom. The van der Waals surface area contributed by atoms with Crippen LogP contribution in [-0.4, -0.2) is 25.2 Å². The van der Waals surface area contributed by atoms with Crippen LogP contribution in [0.25, 0.3) is 0 Å². The highest BCUT2D eigenvalue weighted by Crippen LogP contribution is 2.29. The van der Waals surface area contributed by atoms with Crippen LogP contribution in [-0.2, 0) is 9.53 Å². The summed E-state index contributed by atoms with van der Waals surface area (Å²) in [6, 6.07) is 0. The Morgan fingerprint density at radius 2 is 2.09 bits per heavy atom. The molecule has 0 aromatic carbocycles. The number of carbonyl (C=O) groups excluding carboxylic acids is 1. The van der Waals surface area contributed by atoms with Gasteiger partial charge in [0.1, 0.15) is 11.7 Å². The summed E-state index contributed by atoms with van der Waals surface area (Å²) >= 11 is 0. The number of ether oxygens (including phenoxy) is 1. The van der Waals surface area contributed by atoms with Crippen molar-refractivity contribution in [3.63, 3.8) is 0 Å². The van der Waals surface area contributed by atoms with Gasteiger partial charge in [-0.2, -0.15) is 13.2 Å². The molecule has 1 rings (SSSR count). The molecule has 0 radical (unpaired) electrons. The van der Waals surface area contributed by atoms with Crippen molar-refractivity contribution >= 4 is 5.78 Å². The number of halogens is 3. The summed E-state index contributed by atoms with van der Waals surface area (Å²) in [6.45, 7) is -0.395. The van der Waals surface area contributed by atoms with Gasteiger partial charge in [-0.3, -0.25) is 4.79 Å². The molecule has 0 aliphatic carbocycles. The van der Waals surface area contributed by atoms with E-state index in [1.54, 1.807) is 0 Å². The van der Waals surface area contributed by atoms with E-state index in [1.807, 2.05) is 0 Å². The van der Waals surface area contributed by atoms with Crippen molar-refractivity contribution in [2.24, 2.45) is 5.92 Å². The van der Waals surface area contributed by atoms with Crippen LogP contribution in [0.1, 0.15) is 6.42 Å². The van der Waals surface area contributed by atoms with Crippen LogP contribution in [0.15, 0.2) is 0 Å². The van der Waals surface area contributed by atoms with Crippen molar-refractivity contribution < 1.29 is 22.7 Å². The number of hydrogen-bond acceptors (Lipinski definition) is 2. The van der Waals surface area contributed by atoms with Crippen LogP contribution in [0.2, 0.25) is 0 Å². The number of rotatable bonds is 0. The Balaban J connectivity index is 2.62. The van der Waals surface area contributed by atoms with Crippen molar-refractivity contribution in [3.8, 4) is 0 Å². The lowest BCUT2D eigenvalue weighted by Gasteiger charge is -2.22. The normalized spacial score (nSPS) is 27.2. The van der Waals surface area contributed by atoms with Crippen molar-refractivity contribution in [2.45, 2.75) is 12.6 Å². The molecule has 1 saturated heterocycles. The molecular weight excluding hydrogens is 161 g/mol. The summed E-state index contributed by atoms with van der Waals surface area (Å²) in [5, 5.41) is 0. The largest absolute Gasteiger partial charge is 0.400 e. The third-order valence-electron chi connectivity index (χ3n) is 1.56. The van der Waals surface area contributed by atoms with Crippen molar-refractivity contribution in [3.05, 3.63) is 0 Å². The number of ketones is 1. The highest BCUT2D eigenvalue weighted by molar-refractivity contribution is 5.82. The zero-order chi connectivity index (χ0) is 8.48. The topological polar surface area (TPSA) is 26.3 Å². The van der Waals surface area contributed by atoms with Gasteiger partial charge in [0, 0.05) is 6.42 Å². The Morgan fingerprint density at radius 3 is 2.45 bits per heavy atom. The van der Waals surface area contributed by atoms with Crippen molar-refractivity contribution in [2.75, 3.05) is 13.2 Å². The smallest absolute Gasteiger partial charge is 0.380 e. The summed E-state index contributed by atoms with van der Waals surface area (Å²) in [4.78, 5) is 10.6. The molecule has 0 spiro atoms. The van der Waals surface area contributed by atoms with Crippen LogP contribution in [0, 0.1) is 5.92 Å². The highest BCUT2D eigenvalue weighted by atomic mass is 19.4. The fourth-order valence-electron chi connectivity index (χ4n) is 0.918. The van der Waals surface area contributed by atoms with Gasteiger partial charge in [0.15, 0.2) is 0 Å². The molecule has 0 aromatic heterocycles. The maximum atomic E-state index is 11.9. The highest BCUT2D eigenvalue weighted by Gasteiger charge is 2.45. The van der Waals surface area contributed by atoms with E-state index < -0.39 is 24.5 Å². The maximum absolute atomic E-state index is 11.9. The molecule has 2 nitrogen and oxygen atoms in total. The van der Waals surface area contributed by atoms with Gasteiger partial charge in [-0.05, 0) is 0 Å². The molecule has 5 heteroatoms. The second-order valence-corrected chi connectivity index (χ2v) is 2.39. The third-order valence-corrected chi connectivity index (χ3v) is 1.56. The first kappa shape index (κ1) is 8.52. The lowest BCUT2D eigenvalue weighted by atomic mass is 10.0. The molecule has 1 aliphatic heterocycles. The van der Waals surface area contributed by atoms with Crippen LogP contribution in [0.3, 0.4) is 0 Å². The number of alkyl halides is 3. The van der Waals surface area contributed by atoms with E-state index in [2.05, 4.69) is 4.74 Å². The first-order valence-corrected chi connectivity index (χ1v) is 3.19. The zero-order valence-corrected chi connectivity index (χ0v) is 5.65. The van der Waals surface area contributed by atoms with Crippen LogP contribution < -0.4 is 0 Å². The van der Waals surface area contributed by atoms with Crippen molar-refractivity contribution in [1.29, 1.82) is 0 Å². The summed E-state index contributed by atoms with van der Waals surface area (Å²) in [7, 11) is 0. The van der Waals surface area contributed by atoms with Crippen molar-refractivity contribution in [1.82, 2.24) is 0 Å². The number of carbonyl (C=O) groups is 1. The Hall–Kier alpha value is -0.580. The lowest BCUT2D eigenvalue weighted by Crippen LogP contribution is -2.38. The summed E-state index contributed by atoms with van der Waals surface area (Å²) in [5.41, 5.74) is 0. The van der Waals surface area contributed by atoms with Gasteiger partial charge in [-0.15, -0.1) is 0 Å². The van der Waals surface area contributed by atoms with Gasteiger partial charge < -0.3 is 4.74 Å². The molecule has 1 atom stereocenters. The second-order valence-electron chi connectivity index (χ2n) is 2.39. The van der Waals surface area contributed by atoms with E-state index in [-0.39, 0.29) is 13.0 Å². The SMILES string of the molecule is O=C1CCOCC1C(F)(F)F. The van der Waals surface area contributed by atoms with Crippen LogP contribution in [0.5, 0.6) is 0 Å². The fraction of sp³-hybridized carbons (Fsp3) is 0.833. The molecule has 0 bridgehead atoms. The van der Waals surface area contributed by atoms with Gasteiger partial charge in [-0.1, -0.05) is 0 Å². The first-order chi connectivity index (χ1) is 5.02. The third kappa shape index (κ3) is 1.92. The summed E-state index contributed by atoms with van der Waals surface area (Å²) < 4.78 is 40.2. The minimum absolute atomic E-state index is 0.116. The van der Waals surface area contributed by atoms with Gasteiger partial charge in [0.25, 0.3) is 0 Å². The van der Waals surface area contributed by atoms with Crippen LogP contribution >= 0.6 is 0 Å². The molecule has 0 saturated carbocycles. The predicted molar refractivity (Wildman–Crippen MR) is 30.0 cm³/mol. The van der Waals surface area contributed by atoms with E-state index in [4.69, 9.17) is 0 Å². The van der Waals surface area contributed by atoms with Gasteiger partial charge in [0.05, 0.1) is 13.2 Å². The fourth-order valence-corrected chi connectivity index (χ4v) is 0.918. The van der Waals surface area contributed by atoms with E-state index in [1.165, 1.54) is 0 Å². The average Bonchev–Trinajstić information content (AvgIpc) is 1.86. The minimum atomic E-state index is -4.43. The zero-order valence-electron chi connectivity index (χ0n) is 5.65. The molecule has 64 valence electrons. The van der Waals surface area contributed by atoms with Gasteiger partial charge >= 0.3 is 6.18 Å². The Kier molecular flexibility index (Phi) is 2.17. The standard InChI is InChI=1S/C6H7F3O2/c7-6(8,9)4-3-11-2-1-5(4)10/h4H,1-3H2. The molecule has 1 aliphatic rings. The van der Waals surface area contributed by atoms with E-state index in [0.29, 0.717) is 0 Å². The molecule has 0 N–H and O–H groups in total. The Labute approximate surface area is 61.3 Å². The van der Waals surface area contributed by atoms with Gasteiger partial charge in [-0.25, -0.2) is 0 Å². The van der Waals surface area contributed by atoms with Crippen LogP contribution in [0.4, 0.5) is 13.2 Å². The molecule has 1 fully saturated rings. The van der Waals surface area contributed by atoms with Gasteiger partial charge in [0.2, 0.25) is 0 Å². The quantitative estimate of drug-likeness (QED) is 0.542. The van der Waals surface area contributed by atoms with E-state index in [0.717, 1.165) is 0 Å². The lowest BCUT2D eigenvalue weighted by molar-refractivity contribution is -0.198. The molecule has 1 unspecified atom stereocenters. The predicted octanol–water partition coefficient (Wildman–Crippen LogP) is 1.15. The molecule has 0 aromatic rings. The Bertz CT molecular complexity index is 164. The molecule has 1 heterocycles. The average molecular weight is 168 g/mol. The van der Waals surface area contributed by atoms with E-state index in [9.17, 15) is 18.0 Å². The molecule has 0 amide bonds. The summed E-state index contributed by atoms with van der Waals surface area (Å²) in [6.07, 6.45) is -4.55. The number of hydrogen-bond donors (Lipinski definition) is 0. The number of Topliss-reactive ketones (excluding diaryl/α,β-unsaturated/α-hetero) is 1. The van der Waals surface area contributed by atoms with E-state index >= 15 is 0 Å². The second kappa shape index (κ2) is 2.81. The maximum Gasteiger partial charge on any atom is 0.400 e.